The number of benzene rings is 1. The second-order valence-electron chi connectivity index (χ2n) is 4.82. The fourth-order valence-corrected chi connectivity index (χ4v) is 2.02. The van der Waals surface area contributed by atoms with Crippen LogP contribution in [-0.2, 0) is 11.2 Å². The molecule has 0 aromatic heterocycles. The monoisotopic (exact) mass is 233 g/mol. The highest BCUT2D eigenvalue weighted by Crippen LogP contribution is 2.22. The van der Waals surface area contributed by atoms with Crippen LogP contribution >= 0.6 is 0 Å². The van der Waals surface area contributed by atoms with E-state index in [1.807, 2.05) is 6.92 Å². The standard InChI is InChI=1S/C15H23NO/c1-6-17-15(16)9-14-11(4)7-13(10(2)3)8-12(14)5/h7-8,10,16H,6,9H2,1-5H3. The Morgan fingerprint density at radius 2 is 1.76 bits per heavy atom. The first-order chi connectivity index (χ1) is 7.95. The molecule has 2 heteroatoms. The molecule has 17 heavy (non-hydrogen) atoms. The van der Waals surface area contributed by atoms with Crippen LogP contribution in [0, 0.1) is 19.3 Å². The Morgan fingerprint density at radius 1 is 1.24 bits per heavy atom. The second kappa shape index (κ2) is 5.85. The van der Waals surface area contributed by atoms with Crippen molar-refractivity contribution in [1.29, 1.82) is 5.41 Å². The van der Waals surface area contributed by atoms with Gasteiger partial charge in [0.1, 0.15) is 0 Å². The fourth-order valence-electron chi connectivity index (χ4n) is 2.02. The van der Waals surface area contributed by atoms with Crippen molar-refractivity contribution < 1.29 is 4.74 Å². The molecule has 1 N–H and O–H groups in total. The van der Waals surface area contributed by atoms with E-state index in [0.29, 0.717) is 24.8 Å². The van der Waals surface area contributed by atoms with E-state index in [2.05, 4.69) is 39.8 Å². The summed E-state index contributed by atoms with van der Waals surface area (Å²) in [5.41, 5.74) is 5.12. The minimum atomic E-state index is 0.357. The van der Waals surface area contributed by atoms with Crippen molar-refractivity contribution in [2.45, 2.75) is 47.0 Å². The van der Waals surface area contributed by atoms with Crippen LogP contribution < -0.4 is 0 Å². The minimum Gasteiger partial charge on any atom is -0.481 e. The Hall–Kier alpha value is -1.31. The normalized spacial score (nSPS) is 10.7. The zero-order valence-corrected chi connectivity index (χ0v) is 11.6. The van der Waals surface area contributed by atoms with E-state index in [1.54, 1.807) is 0 Å². The highest BCUT2D eigenvalue weighted by Gasteiger charge is 2.09. The number of hydrogen-bond acceptors (Lipinski definition) is 2. The van der Waals surface area contributed by atoms with E-state index in [-0.39, 0.29) is 0 Å². The summed E-state index contributed by atoms with van der Waals surface area (Å²) in [5.74, 6) is 0.906. The molecule has 2 nitrogen and oxygen atoms in total. The third-order valence-electron chi connectivity index (χ3n) is 3.04. The summed E-state index contributed by atoms with van der Waals surface area (Å²) in [6, 6.07) is 4.46. The SMILES string of the molecule is CCOC(=N)Cc1c(C)cc(C(C)C)cc1C. The van der Waals surface area contributed by atoms with Crippen LogP contribution in [0.1, 0.15) is 48.9 Å². The maximum atomic E-state index is 7.74. The first-order valence-corrected chi connectivity index (χ1v) is 6.26. The van der Waals surface area contributed by atoms with Crippen molar-refractivity contribution in [1.82, 2.24) is 0 Å². The predicted octanol–water partition coefficient (Wildman–Crippen LogP) is 3.98. The lowest BCUT2D eigenvalue weighted by molar-refractivity contribution is 0.317. The lowest BCUT2D eigenvalue weighted by Crippen LogP contribution is -2.09. The van der Waals surface area contributed by atoms with E-state index >= 15 is 0 Å². The Balaban J connectivity index is 2.97. The third kappa shape index (κ3) is 3.58. The van der Waals surface area contributed by atoms with Crippen molar-refractivity contribution in [2.75, 3.05) is 6.61 Å². The summed E-state index contributed by atoms with van der Waals surface area (Å²) in [4.78, 5) is 0. The van der Waals surface area contributed by atoms with Gasteiger partial charge in [-0.3, -0.25) is 5.41 Å². The molecule has 0 aliphatic heterocycles. The molecule has 0 atom stereocenters. The van der Waals surface area contributed by atoms with Crippen LogP contribution in [0.3, 0.4) is 0 Å². The van der Waals surface area contributed by atoms with Gasteiger partial charge in [-0.25, -0.2) is 0 Å². The molecule has 0 heterocycles. The summed E-state index contributed by atoms with van der Waals surface area (Å²) in [5, 5.41) is 7.74. The van der Waals surface area contributed by atoms with E-state index in [4.69, 9.17) is 10.1 Å². The van der Waals surface area contributed by atoms with Gasteiger partial charge in [-0.15, -0.1) is 0 Å². The molecule has 0 spiro atoms. The number of aryl methyl sites for hydroxylation is 2. The van der Waals surface area contributed by atoms with E-state index < -0.39 is 0 Å². The predicted molar refractivity (Wildman–Crippen MR) is 73.1 cm³/mol. The number of nitrogens with one attached hydrogen (secondary N) is 1. The smallest absolute Gasteiger partial charge is 0.184 e. The van der Waals surface area contributed by atoms with Gasteiger partial charge in [0, 0.05) is 6.42 Å². The van der Waals surface area contributed by atoms with Crippen molar-refractivity contribution >= 4 is 5.90 Å². The van der Waals surface area contributed by atoms with Gasteiger partial charge in [-0.2, -0.15) is 0 Å². The Morgan fingerprint density at radius 3 is 2.18 bits per heavy atom. The summed E-state index contributed by atoms with van der Waals surface area (Å²) >= 11 is 0. The maximum Gasteiger partial charge on any atom is 0.184 e. The molecule has 0 unspecified atom stereocenters. The Bertz CT molecular complexity index is 384. The highest BCUT2D eigenvalue weighted by atomic mass is 16.5. The van der Waals surface area contributed by atoms with Gasteiger partial charge in [0.05, 0.1) is 6.61 Å². The second-order valence-corrected chi connectivity index (χ2v) is 4.82. The van der Waals surface area contributed by atoms with Gasteiger partial charge in [0.2, 0.25) is 0 Å². The molecular formula is C15H23NO. The van der Waals surface area contributed by atoms with Gasteiger partial charge in [0.15, 0.2) is 5.90 Å². The van der Waals surface area contributed by atoms with Crippen molar-refractivity contribution in [3.05, 3.63) is 34.4 Å². The van der Waals surface area contributed by atoms with Gasteiger partial charge in [0.25, 0.3) is 0 Å². The molecule has 1 rings (SSSR count). The van der Waals surface area contributed by atoms with Crippen LogP contribution in [0.4, 0.5) is 0 Å². The van der Waals surface area contributed by atoms with Crippen molar-refractivity contribution in [3.63, 3.8) is 0 Å². The van der Waals surface area contributed by atoms with Crippen LogP contribution in [0.25, 0.3) is 0 Å². The topological polar surface area (TPSA) is 33.1 Å². The van der Waals surface area contributed by atoms with Crippen molar-refractivity contribution in [3.8, 4) is 0 Å². The van der Waals surface area contributed by atoms with Crippen molar-refractivity contribution in [2.24, 2.45) is 0 Å². The van der Waals surface area contributed by atoms with Gasteiger partial charge in [-0.05, 0) is 48.9 Å². The van der Waals surface area contributed by atoms with Crippen LogP contribution in [0.15, 0.2) is 12.1 Å². The minimum absolute atomic E-state index is 0.357. The first kappa shape index (κ1) is 13.8. The number of hydrogen-bond donors (Lipinski definition) is 1. The number of ether oxygens (including phenoxy) is 1. The zero-order chi connectivity index (χ0) is 13.0. The Kier molecular flexibility index (Phi) is 4.73. The zero-order valence-electron chi connectivity index (χ0n) is 11.6. The summed E-state index contributed by atoms with van der Waals surface area (Å²) in [6.45, 7) is 11.1. The molecule has 0 saturated heterocycles. The van der Waals surface area contributed by atoms with E-state index in [1.165, 1.54) is 22.3 Å². The quantitative estimate of drug-likeness (QED) is 0.619. The summed E-state index contributed by atoms with van der Waals surface area (Å²) in [7, 11) is 0. The molecule has 0 aliphatic rings. The molecule has 0 fully saturated rings. The molecule has 94 valence electrons. The van der Waals surface area contributed by atoms with Crippen LogP contribution in [0.2, 0.25) is 0 Å². The van der Waals surface area contributed by atoms with E-state index in [9.17, 15) is 0 Å². The van der Waals surface area contributed by atoms with Crippen LogP contribution in [0.5, 0.6) is 0 Å². The maximum absolute atomic E-state index is 7.74. The molecule has 0 aliphatic carbocycles. The first-order valence-electron chi connectivity index (χ1n) is 6.26. The largest absolute Gasteiger partial charge is 0.481 e. The lowest BCUT2D eigenvalue weighted by Gasteiger charge is -2.15. The van der Waals surface area contributed by atoms with Crippen LogP contribution in [-0.4, -0.2) is 12.5 Å². The third-order valence-corrected chi connectivity index (χ3v) is 3.04. The fraction of sp³-hybridized carbons (Fsp3) is 0.533. The highest BCUT2D eigenvalue weighted by molar-refractivity contribution is 5.76. The van der Waals surface area contributed by atoms with Gasteiger partial charge in [-0.1, -0.05) is 26.0 Å². The van der Waals surface area contributed by atoms with Gasteiger partial charge >= 0.3 is 0 Å². The molecule has 0 bridgehead atoms. The Labute approximate surface area is 105 Å². The lowest BCUT2D eigenvalue weighted by atomic mass is 9.92. The molecule has 0 saturated carbocycles. The molecule has 1 aromatic rings. The van der Waals surface area contributed by atoms with E-state index in [0.717, 1.165) is 0 Å². The summed E-state index contributed by atoms with van der Waals surface area (Å²) < 4.78 is 5.22. The molecule has 1 aromatic carbocycles. The number of rotatable bonds is 4. The average molecular weight is 233 g/mol. The molecule has 0 radical (unpaired) electrons. The molecule has 0 amide bonds. The average Bonchev–Trinajstić information content (AvgIpc) is 2.23. The molecular weight excluding hydrogens is 210 g/mol. The van der Waals surface area contributed by atoms with Gasteiger partial charge < -0.3 is 4.74 Å². The summed E-state index contributed by atoms with van der Waals surface area (Å²) in [6.07, 6.45) is 0.601.